The van der Waals surface area contributed by atoms with E-state index in [1.54, 1.807) is 0 Å². The number of carboxylic acid groups (broad SMARTS) is 1. The van der Waals surface area contributed by atoms with Crippen molar-refractivity contribution in [1.82, 2.24) is 0 Å². The Hall–Kier alpha value is -0.690. The molecule has 0 bridgehead atoms. The van der Waals surface area contributed by atoms with E-state index in [1.165, 1.54) is 13.8 Å². The van der Waals surface area contributed by atoms with E-state index in [2.05, 4.69) is 0 Å². The Balaban J connectivity index is 4.13. The van der Waals surface area contributed by atoms with Crippen LogP contribution in [0.3, 0.4) is 0 Å². The molecule has 1 unspecified atom stereocenters. The van der Waals surface area contributed by atoms with Crippen molar-refractivity contribution in [3.63, 3.8) is 0 Å². The van der Waals surface area contributed by atoms with Gasteiger partial charge in [0.15, 0.2) is 0 Å². The normalized spacial score (nSPS) is 16.4. The van der Waals surface area contributed by atoms with Gasteiger partial charge in [0, 0.05) is 0 Å². The summed E-state index contributed by atoms with van der Waals surface area (Å²) in [5, 5.41) is 26.1. The summed E-state index contributed by atoms with van der Waals surface area (Å²) in [7, 11) is 0. The van der Waals surface area contributed by atoms with Crippen LogP contribution in [0.15, 0.2) is 0 Å². The number of carboxylic acids is 1. The molecule has 0 amide bonds. The number of carbonyl (C=O) groups is 1. The second-order valence-corrected chi connectivity index (χ2v) is 3.57. The summed E-state index contributed by atoms with van der Waals surface area (Å²) in [5.74, 6) is -1.17. The molecule has 14 heavy (non-hydrogen) atoms. The van der Waals surface area contributed by atoms with E-state index in [1.807, 2.05) is 0 Å². The van der Waals surface area contributed by atoms with Gasteiger partial charge in [0.2, 0.25) is 0 Å². The fourth-order valence-corrected chi connectivity index (χ4v) is 0.751. The first-order chi connectivity index (χ1) is 6.31. The number of rotatable bonds is 6. The fourth-order valence-electron chi connectivity index (χ4n) is 0.751. The molecule has 0 rings (SSSR count). The predicted octanol–water partition coefficient (Wildman–Crippen LogP) is -1.45. The molecule has 0 spiro atoms. The fraction of sp³-hybridized carbons (Fsp3) is 0.875. The minimum Gasteiger partial charge on any atom is -0.480 e. The maximum atomic E-state index is 10.5. The summed E-state index contributed by atoms with van der Waals surface area (Å²) in [4.78, 5) is 10.5. The van der Waals surface area contributed by atoms with Crippen molar-refractivity contribution in [3.8, 4) is 0 Å². The average Bonchev–Trinajstić information content (AvgIpc) is 2.12. The Labute approximate surface area is 82.3 Å². The molecule has 0 aromatic carbocycles. The van der Waals surface area contributed by atoms with Gasteiger partial charge in [0.05, 0.1) is 18.8 Å². The Morgan fingerprint density at radius 3 is 2.43 bits per heavy atom. The van der Waals surface area contributed by atoms with E-state index in [0.717, 1.165) is 0 Å². The molecule has 0 aliphatic heterocycles. The largest absolute Gasteiger partial charge is 0.480 e. The van der Waals surface area contributed by atoms with Crippen LogP contribution in [0, 0.1) is 0 Å². The van der Waals surface area contributed by atoms with Crippen LogP contribution in [-0.2, 0) is 9.53 Å². The molecule has 6 nitrogen and oxygen atoms in total. The van der Waals surface area contributed by atoms with E-state index in [0.29, 0.717) is 0 Å². The van der Waals surface area contributed by atoms with Gasteiger partial charge in [-0.2, -0.15) is 0 Å². The monoisotopic (exact) mass is 207 g/mol. The molecule has 0 aliphatic rings. The van der Waals surface area contributed by atoms with Gasteiger partial charge in [-0.25, -0.2) is 0 Å². The van der Waals surface area contributed by atoms with Crippen LogP contribution >= 0.6 is 0 Å². The van der Waals surface area contributed by atoms with Gasteiger partial charge in [0.25, 0.3) is 0 Å². The number of aliphatic hydroxyl groups is 2. The highest BCUT2D eigenvalue weighted by Crippen LogP contribution is 2.13. The van der Waals surface area contributed by atoms with E-state index in [4.69, 9.17) is 25.8 Å². The van der Waals surface area contributed by atoms with Crippen LogP contribution < -0.4 is 5.73 Å². The van der Waals surface area contributed by atoms with Gasteiger partial charge in [0.1, 0.15) is 12.1 Å². The minimum atomic E-state index is -1.17. The Morgan fingerprint density at radius 2 is 2.07 bits per heavy atom. The number of nitrogens with two attached hydrogens (primary N) is 1. The number of aliphatic carboxylic acids is 1. The molecule has 0 heterocycles. The highest BCUT2D eigenvalue weighted by Gasteiger charge is 2.33. The molecule has 84 valence electrons. The molecule has 0 saturated heterocycles. The van der Waals surface area contributed by atoms with Crippen LogP contribution in [0.25, 0.3) is 0 Å². The first kappa shape index (κ1) is 13.3. The van der Waals surface area contributed by atoms with Gasteiger partial charge >= 0.3 is 5.97 Å². The van der Waals surface area contributed by atoms with E-state index < -0.39 is 30.3 Å². The topological polar surface area (TPSA) is 113 Å². The van der Waals surface area contributed by atoms with Crippen molar-refractivity contribution in [2.45, 2.75) is 31.6 Å². The summed E-state index contributed by atoms with van der Waals surface area (Å²) in [6.07, 6.45) is -1.02. The molecule has 0 aliphatic carbocycles. The summed E-state index contributed by atoms with van der Waals surface area (Å²) >= 11 is 0. The van der Waals surface area contributed by atoms with Gasteiger partial charge in [-0.05, 0) is 13.8 Å². The quantitative estimate of drug-likeness (QED) is 0.423. The zero-order valence-corrected chi connectivity index (χ0v) is 8.30. The van der Waals surface area contributed by atoms with Gasteiger partial charge < -0.3 is 25.8 Å². The minimum absolute atomic E-state index is 0.148. The molecule has 6 heteroatoms. The average molecular weight is 207 g/mol. The summed E-state index contributed by atoms with van der Waals surface area (Å²) in [6, 6.07) is -1.17. The SMILES string of the molecule is CC(C)(OCC(O)CO)[C@H](N)C(=O)O. The number of hydrogen-bond acceptors (Lipinski definition) is 5. The summed E-state index contributed by atoms with van der Waals surface area (Å²) < 4.78 is 5.09. The lowest BCUT2D eigenvalue weighted by atomic mass is 10.00. The van der Waals surface area contributed by atoms with Crippen molar-refractivity contribution in [3.05, 3.63) is 0 Å². The van der Waals surface area contributed by atoms with Crippen LogP contribution in [0.1, 0.15) is 13.8 Å². The van der Waals surface area contributed by atoms with E-state index in [9.17, 15) is 4.79 Å². The maximum Gasteiger partial charge on any atom is 0.323 e. The maximum absolute atomic E-state index is 10.5. The molecule has 0 radical (unpaired) electrons. The number of ether oxygens (including phenoxy) is 1. The second kappa shape index (κ2) is 5.26. The molecule has 0 fully saturated rings. The van der Waals surface area contributed by atoms with Crippen molar-refractivity contribution >= 4 is 5.97 Å². The van der Waals surface area contributed by atoms with Gasteiger partial charge in [-0.15, -0.1) is 0 Å². The number of aliphatic hydroxyl groups excluding tert-OH is 2. The van der Waals surface area contributed by atoms with Crippen molar-refractivity contribution in [2.75, 3.05) is 13.2 Å². The van der Waals surface area contributed by atoms with Crippen molar-refractivity contribution < 1.29 is 24.9 Å². The highest BCUT2D eigenvalue weighted by molar-refractivity contribution is 5.74. The second-order valence-electron chi connectivity index (χ2n) is 3.57. The van der Waals surface area contributed by atoms with Crippen molar-refractivity contribution in [2.24, 2.45) is 5.73 Å². The molecule has 0 saturated carbocycles. The van der Waals surface area contributed by atoms with Crippen molar-refractivity contribution in [1.29, 1.82) is 0 Å². The molecule has 0 aromatic rings. The highest BCUT2D eigenvalue weighted by atomic mass is 16.5. The van der Waals surface area contributed by atoms with Crippen LogP contribution in [0.2, 0.25) is 0 Å². The summed E-state index contributed by atoms with van der Waals surface area (Å²) in [6.45, 7) is 2.44. The standard InChI is InChI=1S/C8H17NO5/c1-8(2,6(9)7(12)13)14-4-5(11)3-10/h5-6,10-11H,3-4,9H2,1-2H3,(H,12,13)/t5?,6-/m1/s1. The smallest absolute Gasteiger partial charge is 0.323 e. The Bertz CT molecular complexity index is 194. The molecular formula is C8H17NO5. The Morgan fingerprint density at radius 1 is 1.57 bits per heavy atom. The molecule has 0 aromatic heterocycles. The van der Waals surface area contributed by atoms with Crippen LogP contribution in [0.4, 0.5) is 0 Å². The predicted molar refractivity (Wildman–Crippen MR) is 48.7 cm³/mol. The van der Waals surface area contributed by atoms with E-state index >= 15 is 0 Å². The van der Waals surface area contributed by atoms with Gasteiger partial charge in [-0.1, -0.05) is 0 Å². The third kappa shape index (κ3) is 4.01. The van der Waals surface area contributed by atoms with Crippen LogP contribution in [-0.4, -0.2) is 52.2 Å². The first-order valence-electron chi connectivity index (χ1n) is 4.22. The Kier molecular flexibility index (Phi) is 5.00. The lowest BCUT2D eigenvalue weighted by Crippen LogP contribution is -2.51. The zero-order valence-electron chi connectivity index (χ0n) is 8.30. The molecule has 5 N–H and O–H groups in total. The first-order valence-corrected chi connectivity index (χ1v) is 4.22. The lowest BCUT2D eigenvalue weighted by Gasteiger charge is -2.29. The summed E-state index contributed by atoms with van der Waals surface area (Å²) in [5.41, 5.74) is 4.27. The zero-order chi connectivity index (χ0) is 11.4. The molecular weight excluding hydrogens is 190 g/mol. The molecule has 2 atom stereocenters. The third-order valence-corrected chi connectivity index (χ3v) is 1.87. The number of hydrogen-bond donors (Lipinski definition) is 4. The van der Waals surface area contributed by atoms with E-state index in [-0.39, 0.29) is 6.61 Å². The third-order valence-electron chi connectivity index (χ3n) is 1.87. The van der Waals surface area contributed by atoms with Gasteiger partial charge in [-0.3, -0.25) is 4.79 Å². The van der Waals surface area contributed by atoms with Crippen LogP contribution in [0.5, 0.6) is 0 Å². The lowest BCUT2D eigenvalue weighted by molar-refractivity contribution is -0.149.